The number of hydrogen-bond acceptors (Lipinski definition) is 3. The van der Waals surface area contributed by atoms with Crippen LogP contribution in [-0.2, 0) is 0 Å². The first kappa shape index (κ1) is 12.4. The van der Waals surface area contributed by atoms with Crippen molar-refractivity contribution in [1.82, 2.24) is 4.98 Å². The third-order valence-corrected chi connectivity index (χ3v) is 3.88. The molecule has 17 heavy (non-hydrogen) atoms. The zero-order valence-corrected chi connectivity index (χ0v) is 10.5. The van der Waals surface area contributed by atoms with E-state index in [-0.39, 0.29) is 0 Å². The van der Waals surface area contributed by atoms with Gasteiger partial charge in [0, 0.05) is 31.2 Å². The maximum atomic E-state index is 9.38. The van der Waals surface area contributed by atoms with Gasteiger partial charge in [0.1, 0.15) is 0 Å². The van der Waals surface area contributed by atoms with E-state index >= 15 is 0 Å². The molecule has 1 aromatic heterocycles. The summed E-state index contributed by atoms with van der Waals surface area (Å²) in [5.74, 6) is 1.10. The fraction of sp³-hybridized carbons (Fsp3) is 0.643. The van der Waals surface area contributed by atoms with E-state index in [2.05, 4.69) is 17.2 Å². The number of rotatable bonds is 4. The van der Waals surface area contributed by atoms with Gasteiger partial charge in [-0.2, -0.15) is 0 Å². The Labute approximate surface area is 103 Å². The van der Waals surface area contributed by atoms with Gasteiger partial charge >= 0.3 is 0 Å². The standard InChI is InChI=1S/C14H22N2O/c1-11-8-15-7-6-14(11)16-9-12-4-2-3-5-13(12)10-17/h6-8,12-13,17H,2-5,9-10H2,1H3,(H,15,16). The third-order valence-electron chi connectivity index (χ3n) is 3.88. The summed E-state index contributed by atoms with van der Waals surface area (Å²) < 4.78 is 0. The molecule has 3 nitrogen and oxygen atoms in total. The van der Waals surface area contributed by atoms with Gasteiger partial charge in [-0.3, -0.25) is 4.98 Å². The van der Waals surface area contributed by atoms with Crippen molar-refractivity contribution in [2.24, 2.45) is 11.8 Å². The predicted molar refractivity (Wildman–Crippen MR) is 70.0 cm³/mol. The van der Waals surface area contributed by atoms with Gasteiger partial charge in [0.2, 0.25) is 0 Å². The maximum absolute atomic E-state index is 9.38. The molecule has 2 N–H and O–H groups in total. The molecule has 0 saturated heterocycles. The second kappa shape index (κ2) is 6.01. The lowest BCUT2D eigenvalue weighted by Crippen LogP contribution is -2.28. The topological polar surface area (TPSA) is 45.2 Å². The average molecular weight is 234 g/mol. The van der Waals surface area contributed by atoms with Crippen molar-refractivity contribution < 1.29 is 5.11 Å². The smallest absolute Gasteiger partial charge is 0.0462 e. The van der Waals surface area contributed by atoms with Gasteiger partial charge < -0.3 is 10.4 Å². The number of aliphatic hydroxyl groups is 1. The molecule has 94 valence electrons. The molecular formula is C14H22N2O. The Bertz CT molecular complexity index is 354. The van der Waals surface area contributed by atoms with Crippen LogP contribution < -0.4 is 5.32 Å². The number of aliphatic hydroxyl groups excluding tert-OH is 1. The molecule has 1 heterocycles. The van der Waals surface area contributed by atoms with Crippen molar-refractivity contribution in [1.29, 1.82) is 0 Å². The van der Waals surface area contributed by atoms with Gasteiger partial charge in [-0.15, -0.1) is 0 Å². The highest BCUT2D eigenvalue weighted by atomic mass is 16.3. The Morgan fingerprint density at radius 2 is 2.12 bits per heavy atom. The van der Waals surface area contributed by atoms with Crippen molar-refractivity contribution in [3.63, 3.8) is 0 Å². The van der Waals surface area contributed by atoms with E-state index in [9.17, 15) is 5.11 Å². The van der Waals surface area contributed by atoms with Crippen LogP contribution in [-0.4, -0.2) is 23.2 Å². The molecule has 2 atom stereocenters. The first-order valence-corrected chi connectivity index (χ1v) is 6.56. The van der Waals surface area contributed by atoms with E-state index in [1.165, 1.54) is 36.9 Å². The second-order valence-electron chi connectivity index (χ2n) is 5.06. The van der Waals surface area contributed by atoms with Crippen molar-refractivity contribution in [3.05, 3.63) is 24.0 Å². The minimum absolute atomic E-state index is 0.335. The fourth-order valence-electron chi connectivity index (χ4n) is 2.71. The lowest BCUT2D eigenvalue weighted by Gasteiger charge is -2.30. The molecule has 1 aliphatic carbocycles. The highest BCUT2D eigenvalue weighted by Gasteiger charge is 2.24. The highest BCUT2D eigenvalue weighted by Crippen LogP contribution is 2.30. The van der Waals surface area contributed by atoms with E-state index in [0.29, 0.717) is 18.4 Å². The lowest BCUT2D eigenvalue weighted by molar-refractivity contribution is 0.141. The Kier molecular flexibility index (Phi) is 4.37. The molecular weight excluding hydrogens is 212 g/mol. The number of hydrogen-bond donors (Lipinski definition) is 2. The zero-order chi connectivity index (χ0) is 12.1. The summed E-state index contributed by atoms with van der Waals surface area (Å²) in [7, 11) is 0. The molecule has 3 heteroatoms. The molecule has 0 aromatic carbocycles. The van der Waals surface area contributed by atoms with Crippen LogP contribution in [0, 0.1) is 18.8 Å². The van der Waals surface area contributed by atoms with Crippen LogP contribution in [0.5, 0.6) is 0 Å². The van der Waals surface area contributed by atoms with Crippen LogP contribution >= 0.6 is 0 Å². The Hall–Kier alpha value is -1.09. The SMILES string of the molecule is Cc1cnccc1NCC1CCCCC1CO. The summed E-state index contributed by atoms with van der Waals surface area (Å²) in [5.41, 5.74) is 2.35. The van der Waals surface area contributed by atoms with E-state index in [1.54, 1.807) is 0 Å². The maximum Gasteiger partial charge on any atom is 0.0462 e. The summed E-state index contributed by atoms with van der Waals surface area (Å²) in [6, 6.07) is 2.02. The molecule has 1 aliphatic rings. The molecule has 1 saturated carbocycles. The largest absolute Gasteiger partial charge is 0.396 e. The van der Waals surface area contributed by atoms with Gasteiger partial charge in [0.25, 0.3) is 0 Å². The van der Waals surface area contributed by atoms with Crippen LogP contribution in [0.25, 0.3) is 0 Å². The Morgan fingerprint density at radius 3 is 2.82 bits per heavy atom. The molecule has 1 fully saturated rings. The van der Waals surface area contributed by atoms with Gasteiger partial charge in [-0.25, -0.2) is 0 Å². The van der Waals surface area contributed by atoms with Crippen LogP contribution in [0.1, 0.15) is 31.2 Å². The first-order chi connectivity index (χ1) is 8.31. The summed E-state index contributed by atoms with van der Waals surface area (Å²) in [6.07, 6.45) is 8.70. The van der Waals surface area contributed by atoms with Gasteiger partial charge in [0.15, 0.2) is 0 Å². The number of aromatic nitrogens is 1. The first-order valence-electron chi connectivity index (χ1n) is 6.56. The quantitative estimate of drug-likeness (QED) is 0.841. The Morgan fingerprint density at radius 1 is 1.35 bits per heavy atom. The van der Waals surface area contributed by atoms with Crippen LogP contribution in [0.3, 0.4) is 0 Å². The van der Waals surface area contributed by atoms with Crippen molar-refractivity contribution in [2.45, 2.75) is 32.6 Å². The normalized spacial score (nSPS) is 24.6. The zero-order valence-electron chi connectivity index (χ0n) is 10.5. The molecule has 2 rings (SSSR count). The van der Waals surface area contributed by atoms with Crippen LogP contribution in [0.15, 0.2) is 18.5 Å². The van der Waals surface area contributed by atoms with E-state index in [4.69, 9.17) is 0 Å². The number of nitrogens with zero attached hydrogens (tertiary/aromatic N) is 1. The van der Waals surface area contributed by atoms with E-state index in [1.807, 2.05) is 18.5 Å². The number of aryl methyl sites for hydroxylation is 1. The monoisotopic (exact) mass is 234 g/mol. The van der Waals surface area contributed by atoms with Crippen LogP contribution in [0.4, 0.5) is 5.69 Å². The summed E-state index contributed by atoms with van der Waals surface area (Å²) >= 11 is 0. The Balaban J connectivity index is 1.90. The molecule has 0 radical (unpaired) electrons. The summed E-state index contributed by atoms with van der Waals surface area (Å²) in [4.78, 5) is 4.09. The molecule has 0 aliphatic heterocycles. The predicted octanol–water partition coefficient (Wildman–Crippen LogP) is 2.60. The minimum atomic E-state index is 0.335. The average Bonchev–Trinajstić information content (AvgIpc) is 2.38. The molecule has 0 amide bonds. The number of anilines is 1. The molecule has 0 bridgehead atoms. The van der Waals surface area contributed by atoms with Crippen molar-refractivity contribution in [3.8, 4) is 0 Å². The van der Waals surface area contributed by atoms with Crippen molar-refractivity contribution >= 4 is 5.69 Å². The second-order valence-corrected chi connectivity index (χ2v) is 5.06. The highest BCUT2D eigenvalue weighted by molar-refractivity contribution is 5.48. The fourth-order valence-corrected chi connectivity index (χ4v) is 2.71. The molecule has 0 spiro atoms. The van der Waals surface area contributed by atoms with Gasteiger partial charge in [-0.1, -0.05) is 12.8 Å². The molecule has 2 unspecified atom stereocenters. The lowest BCUT2D eigenvalue weighted by atomic mass is 9.79. The van der Waals surface area contributed by atoms with E-state index < -0.39 is 0 Å². The van der Waals surface area contributed by atoms with E-state index in [0.717, 1.165) is 6.54 Å². The summed E-state index contributed by atoms with van der Waals surface area (Å²) in [6.45, 7) is 3.37. The van der Waals surface area contributed by atoms with Crippen LogP contribution in [0.2, 0.25) is 0 Å². The number of pyridine rings is 1. The minimum Gasteiger partial charge on any atom is -0.396 e. The molecule has 1 aromatic rings. The van der Waals surface area contributed by atoms with Gasteiger partial charge in [-0.05, 0) is 43.2 Å². The van der Waals surface area contributed by atoms with Gasteiger partial charge in [0.05, 0.1) is 0 Å². The summed E-state index contributed by atoms with van der Waals surface area (Å²) in [5, 5.41) is 12.9. The van der Waals surface area contributed by atoms with Crippen molar-refractivity contribution in [2.75, 3.05) is 18.5 Å². The number of nitrogens with one attached hydrogen (secondary N) is 1. The third kappa shape index (κ3) is 3.19.